The van der Waals surface area contributed by atoms with E-state index in [4.69, 9.17) is 0 Å². The summed E-state index contributed by atoms with van der Waals surface area (Å²) in [6.07, 6.45) is -2.89. The fourth-order valence-corrected chi connectivity index (χ4v) is 2.43. The van der Waals surface area contributed by atoms with E-state index in [1.807, 2.05) is 0 Å². The van der Waals surface area contributed by atoms with Gasteiger partial charge in [0.15, 0.2) is 0 Å². The molecule has 106 valence electrons. The van der Waals surface area contributed by atoms with Gasteiger partial charge in [0.05, 0.1) is 23.2 Å². The minimum absolute atomic E-state index is 0.0515. The summed E-state index contributed by atoms with van der Waals surface area (Å²) in [5, 5.41) is 2.55. The van der Waals surface area contributed by atoms with E-state index in [0.717, 1.165) is 17.0 Å². The fourth-order valence-electron chi connectivity index (χ4n) is 1.47. The normalized spacial score (nSPS) is 11.4. The summed E-state index contributed by atoms with van der Waals surface area (Å²) < 4.78 is 38.2. The molecule has 0 aliphatic heterocycles. The molecule has 1 aromatic carbocycles. The van der Waals surface area contributed by atoms with Crippen LogP contribution >= 0.6 is 27.3 Å². The summed E-state index contributed by atoms with van der Waals surface area (Å²) in [5.41, 5.74) is 0.704. The van der Waals surface area contributed by atoms with Gasteiger partial charge in [-0.1, -0.05) is 0 Å². The SMILES string of the molecule is O=C(NCc1cncs1)c1cc(C(F)(F)F)ccc1Br. The number of hydrogen-bond acceptors (Lipinski definition) is 3. The van der Waals surface area contributed by atoms with Gasteiger partial charge in [-0.2, -0.15) is 13.2 Å². The van der Waals surface area contributed by atoms with E-state index >= 15 is 0 Å². The van der Waals surface area contributed by atoms with Crippen molar-refractivity contribution in [3.63, 3.8) is 0 Å². The van der Waals surface area contributed by atoms with Gasteiger partial charge in [0.25, 0.3) is 5.91 Å². The number of alkyl halides is 3. The molecule has 3 nitrogen and oxygen atoms in total. The Bertz CT molecular complexity index is 614. The van der Waals surface area contributed by atoms with Crippen LogP contribution in [0.2, 0.25) is 0 Å². The lowest BCUT2D eigenvalue weighted by Gasteiger charge is -2.10. The number of halogens is 4. The standard InChI is InChI=1S/C12H8BrF3N2OS/c13-10-2-1-7(12(14,15)16)3-9(10)11(19)18-5-8-4-17-6-20-8/h1-4,6H,5H2,(H,18,19). The zero-order valence-corrected chi connectivity index (χ0v) is 12.3. The Morgan fingerprint density at radius 2 is 2.15 bits per heavy atom. The van der Waals surface area contributed by atoms with Gasteiger partial charge in [0, 0.05) is 15.5 Å². The second kappa shape index (κ2) is 5.92. The maximum absolute atomic E-state index is 12.6. The first kappa shape index (κ1) is 15.0. The van der Waals surface area contributed by atoms with Gasteiger partial charge in [0.1, 0.15) is 0 Å². The van der Waals surface area contributed by atoms with Crippen molar-refractivity contribution in [2.45, 2.75) is 12.7 Å². The molecule has 0 saturated carbocycles. The molecule has 1 N–H and O–H groups in total. The van der Waals surface area contributed by atoms with Crippen molar-refractivity contribution in [2.24, 2.45) is 0 Å². The number of amides is 1. The maximum Gasteiger partial charge on any atom is 0.416 e. The molecule has 0 spiro atoms. The first-order valence-electron chi connectivity index (χ1n) is 5.40. The van der Waals surface area contributed by atoms with Crippen molar-refractivity contribution in [3.05, 3.63) is 50.4 Å². The number of nitrogens with zero attached hydrogens (tertiary/aromatic N) is 1. The average molecular weight is 365 g/mol. The molecule has 0 bridgehead atoms. The van der Waals surface area contributed by atoms with Gasteiger partial charge in [-0.15, -0.1) is 11.3 Å². The Balaban J connectivity index is 2.16. The highest BCUT2D eigenvalue weighted by Crippen LogP contribution is 2.31. The zero-order valence-electron chi connectivity index (χ0n) is 9.87. The van der Waals surface area contributed by atoms with E-state index in [9.17, 15) is 18.0 Å². The molecule has 1 heterocycles. The molecule has 2 aromatic rings. The van der Waals surface area contributed by atoms with Gasteiger partial charge in [-0.25, -0.2) is 0 Å². The predicted octanol–water partition coefficient (Wildman–Crippen LogP) is 3.85. The molecular weight excluding hydrogens is 357 g/mol. The van der Waals surface area contributed by atoms with Gasteiger partial charge < -0.3 is 5.32 Å². The minimum Gasteiger partial charge on any atom is -0.347 e. The Hall–Kier alpha value is -1.41. The maximum atomic E-state index is 12.6. The van der Waals surface area contributed by atoms with E-state index in [0.29, 0.717) is 4.47 Å². The number of rotatable bonds is 3. The Morgan fingerprint density at radius 1 is 1.40 bits per heavy atom. The third-order valence-electron chi connectivity index (χ3n) is 2.44. The summed E-state index contributed by atoms with van der Waals surface area (Å²) in [7, 11) is 0. The number of nitrogens with one attached hydrogen (secondary N) is 1. The lowest BCUT2D eigenvalue weighted by molar-refractivity contribution is -0.137. The molecule has 0 atom stereocenters. The van der Waals surface area contributed by atoms with Crippen molar-refractivity contribution < 1.29 is 18.0 Å². The third kappa shape index (κ3) is 3.57. The van der Waals surface area contributed by atoms with Crippen molar-refractivity contribution in [1.29, 1.82) is 0 Å². The van der Waals surface area contributed by atoms with Crippen molar-refractivity contribution in [3.8, 4) is 0 Å². The highest BCUT2D eigenvalue weighted by atomic mass is 79.9. The molecule has 0 aliphatic carbocycles. The highest BCUT2D eigenvalue weighted by Gasteiger charge is 2.31. The fraction of sp³-hybridized carbons (Fsp3) is 0.167. The molecule has 8 heteroatoms. The Morgan fingerprint density at radius 3 is 2.75 bits per heavy atom. The number of carbonyl (C=O) groups is 1. The molecule has 0 fully saturated rings. The monoisotopic (exact) mass is 364 g/mol. The molecule has 2 rings (SSSR count). The summed E-state index contributed by atoms with van der Waals surface area (Å²) in [6.45, 7) is 0.228. The van der Waals surface area contributed by atoms with Crippen LogP contribution in [0, 0.1) is 0 Å². The van der Waals surface area contributed by atoms with Crippen LogP contribution < -0.4 is 5.32 Å². The van der Waals surface area contributed by atoms with Crippen molar-refractivity contribution in [2.75, 3.05) is 0 Å². The Kier molecular flexibility index (Phi) is 4.44. The van der Waals surface area contributed by atoms with Crippen LogP contribution in [0.5, 0.6) is 0 Å². The molecule has 20 heavy (non-hydrogen) atoms. The van der Waals surface area contributed by atoms with Gasteiger partial charge in [-0.05, 0) is 34.1 Å². The number of hydrogen-bond donors (Lipinski definition) is 1. The second-order valence-electron chi connectivity index (χ2n) is 3.84. The number of benzene rings is 1. The van der Waals surface area contributed by atoms with Crippen LogP contribution in [0.15, 0.2) is 34.4 Å². The first-order chi connectivity index (χ1) is 9.38. The molecule has 0 aliphatic rings. The van der Waals surface area contributed by atoms with E-state index < -0.39 is 17.6 Å². The molecule has 0 saturated heterocycles. The lowest BCUT2D eigenvalue weighted by Crippen LogP contribution is -2.23. The van der Waals surface area contributed by atoms with E-state index in [2.05, 4.69) is 26.2 Å². The van der Waals surface area contributed by atoms with E-state index in [-0.39, 0.29) is 12.1 Å². The number of aromatic nitrogens is 1. The minimum atomic E-state index is -4.48. The van der Waals surface area contributed by atoms with Crippen molar-refractivity contribution in [1.82, 2.24) is 10.3 Å². The van der Waals surface area contributed by atoms with Crippen LogP contribution in [-0.2, 0) is 12.7 Å². The second-order valence-corrected chi connectivity index (χ2v) is 5.67. The average Bonchev–Trinajstić information content (AvgIpc) is 2.88. The van der Waals surface area contributed by atoms with E-state index in [1.54, 1.807) is 11.7 Å². The molecule has 0 radical (unpaired) electrons. The summed E-state index contributed by atoms with van der Waals surface area (Å²) in [6, 6.07) is 2.96. The van der Waals surface area contributed by atoms with Gasteiger partial charge in [0.2, 0.25) is 0 Å². The largest absolute Gasteiger partial charge is 0.416 e. The Labute approximate surface area is 125 Å². The third-order valence-corrected chi connectivity index (χ3v) is 3.92. The van der Waals surface area contributed by atoms with Crippen LogP contribution in [0.25, 0.3) is 0 Å². The first-order valence-corrected chi connectivity index (χ1v) is 7.07. The smallest absolute Gasteiger partial charge is 0.347 e. The topological polar surface area (TPSA) is 42.0 Å². The van der Waals surface area contributed by atoms with Crippen molar-refractivity contribution >= 4 is 33.2 Å². The molecule has 1 amide bonds. The lowest BCUT2D eigenvalue weighted by atomic mass is 10.1. The van der Waals surface area contributed by atoms with Gasteiger partial charge >= 0.3 is 6.18 Å². The van der Waals surface area contributed by atoms with E-state index in [1.165, 1.54) is 17.4 Å². The quantitative estimate of drug-likeness (QED) is 0.898. The summed E-state index contributed by atoms with van der Waals surface area (Å²) in [5.74, 6) is -0.573. The number of carbonyl (C=O) groups excluding carboxylic acids is 1. The molecule has 1 aromatic heterocycles. The molecular formula is C12H8BrF3N2OS. The zero-order chi connectivity index (χ0) is 14.8. The summed E-state index contributed by atoms with van der Waals surface area (Å²) in [4.78, 5) is 16.6. The van der Waals surface area contributed by atoms with Crippen LogP contribution in [-0.4, -0.2) is 10.9 Å². The highest BCUT2D eigenvalue weighted by molar-refractivity contribution is 9.10. The molecule has 0 unspecified atom stereocenters. The van der Waals surface area contributed by atoms with Crippen LogP contribution in [0.4, 0.5) is 13.2 Å². The summed E-state index contributed by atoms with van der Waals surface area (Å²) >= 11 is 4.43. The predicted molar refractivity (Wildman–Crippen MR) is 72.4 cm³/mol. The number of thiazole rings is 1. The van der Waals surface area contributed by atoms with Crippen LogP contribution in [0.1, 0.15) is 20.8 Å². The van der Waals surface area contributed by atoms with Gasteiger partial charge in [-0.3, -0.25) is 9.78 Å². The van der Waals surface area contributed by atoms with Crippen LogP contribution in [0.3, 0.4) is 0 Å².